The van der Waals surface area contributed by atoms with Crippen molar-refractivity contribution in [2.75, 3.05) is 26.4 Å². The van der Waals surface area contributed by atoms with Gasteiger partial charge in [0.25, 0.3) is 0 Å². The molecule has 5 aliphatic heterocycles. The number of carbonyl (C=O) groups excluding carboxylic acids is 5. The molecule has 0 aromatic rings. The molecule has 5 saturated heterocycles. The van der Waals surface area contributed by atoms with Crippen LogP contribution in [0.2, 0.25) is 0 Å². The topological polar surface area (TPSA) is 584 Å². The van der Waals surface area contributed by atoms with Crippen molar-refractivity contribution >= 4 is 43.5 Å². The van der Waals surface area contributed by atoms with Gasteiger partial charge in [0.05, 0.1) is 32.5 Å². The van der Waals surface area contributed by atoms with Gasteiger partial charge in [-0.2, -0.15) is 0 Å². The first-order valence-corrected chi connectivity index (χ1v) is 34.5. The van der Waals surface area contributed by atoms with Gasteiger partial charge in [-0.15, -0.1) is 0 Å². The third-order valence-corrected chi connectivity index (χ3v) is 18.5. The fourth-order valence-electron chi connectivity index (χ4n) is 11.7. The number of aliphatic carboxylic acids is 1. The maximum atomic E-state index is 14.1. The first kappa shape index (κ1) is 87.3. The maximum Gasteiger partial charge on any atom is 0.474 e. The number of aliphatic hydroxyl groups excluding tert-OH is 9. The predicted octanol–water partition coefficient (Wildman–Crippen LogP) is -2.79. The van der Waals surface area contributed by atoms with Crippen LogP contribution >= 0.6 is 7.82 Å². The molecule has 27 atom stereocenters. The lowest BCUT2D eigenvalue weighted by atomic mass is 9.85. The summed E-state index contributed by atoms with van der Waals surface area (Å²) in [5.74, 6) is -6.40. The zero-order valence-electron chi connectivity index (χ0n) is 58.5. The number of aliphatic hydroxyl groups is 10. The highest BCUT2D eigenvalue weighted by Crippen LogP contribution is 2.49. The molecule has 582 valence electrons. The standard InChI is InChI=1S/C64H104N5O32P/c1-28(2)15-14-17-29(3)18-19-31(5)20-23-63(9,10)22-13-12-16-30(4)21-24-89-37(56(83)84)27-91-102(87,88)101-61-51(52(100-62(67)85)64(11,86)53(99-61)55(66)82)98-58-39(69-34(8)72)42(75)49(36(94-58)26-90-59-46(79)43(76)40(73)35(25-70)93-59)96-57-38(68-33(7)71)41(74)48(32(6)92-57)95-60-47(80)44(77)45(78)50(97-60)54(65)81/h13,15,18,21-22,32,35-53,57-61,70,73-80,86H,5,12,14,16-17,19-20,23-27H2,1-4,6-11H3,(H2,65,81)(H2,66,82)(H2,67,85)(H,68,71)(H,69,72)(H,83,84)(H,87,88)/b22-13+,29-18+,30-21-/t32?,35-,36?,37?,38?,39?,40-,41?,42?,43+,44?,45?,46-,47?,48?,49?,50?,51?,52?,53?,57?,58?,59-,60?,61?,64?/m1/s1. The van der Waals surface area contributed by atoms with Crippen molar-refractivity contribution < 1.29 is 156 Å². The molecule has 0 aliphatic carbocycles. The molecule has 0 bridgehead atoms. The lowest BCUT2D eigenvalue weighted by molar-refractivity contribution is -0.375. The molecule has 5 rings (SSSR count). The summed E-state index contributed by atoms with van der Waals surface area (Å²) in [5, 5.41) is 125. The molecule has 0 saturated carbocycles. The Balaban J connectivity index is 1.41. The van der Waals surface area contributed by atoms with E-state index in [4.69, 9.17) is 78.4 Å². The number of phosphoric acid groups is 1. The molecule has 0 aromatic carbocycles. The number of phosphoric ester groups is 1. The van der Waals surface area contributed by atoms with Crippen LogP contribution < -0.4 is 27.8 Å². The normalized spacial score (nSPS) is 36.4. The van der Waals surface area contributed by atoms with Gasteiger partial charge in [-0.25, -0.2) is 14.2 Å². The van der Waals surface area contributed by atoms with Crippen molar-refractivity contribution in [3.63, 3.8) is 0 Å². The van der Waals surface area contributed by atoms with E-state index >= 15 is 0 Å². The van der Waals surface area contributed by atoms with Crippen LogP contribution in [0.3, 0.4) is 0 Å². The molecule has 5 aliphatic rings. The Labute approximate surface area is 589 Å². The van der Waals surface area contributed by atoms with Crippen LogP contribution in [0.15, 0.2) is 59.3 Å². The molecule has 0 aromatic heterocycles. The van der Waals surface area contributed by atoms with Crippen LogP contribution in [0.1, 0.15) is 114 Å². The van der Waals surface area contributed by atoms with Gasteiger partial charge in [0.1, 0.15) is 90.9 Å². The molecule has 102 heavy (non-hydrogen) atoms. The van der Waals surface area contributed by atoms with Crippen LogP contribution in [0.5, 0.6) is 0 Å². The zero-order chi connectivity index (χ0) is 76.6. The SMILES string of the molecule is C=C(C/C=C(\C)CCC=C(C)C)CCC(C)(C)/C=C/CC/C(C)=C\COC(COP(=O)(O)OC1OC(C(N)=O)C(C)(O)C(OC(N)=O)C1OC1OC(CO[C@@H]2O[C@H](CO)[C@@H](O)[C@H](O)[C@H]2O)C(OC2OC(C)C(OC3OC(C(N)=O)C(O)C(O)C3O)C(O)C2NC(C)=O)C(O)C1NC(C)=O)C(=O)O. The number of carboxylic acid groups (broad SMARTS) is 1. The molecule has 0 spiro atoms. The van der Waals surface area contributed by atoms with E-state index in [0.29, 0.717) is 12.8 Å². The molecule has 20 N–H and O–H groups in total. The van der Waals surface area contributed by atoms with E-state index in [1.54, 1.807) is 13.0 Å². The summed E-state index contributed by atoms with van der Waals surface area (Å²) in [6.45, 7) is 16.9. The minimum absolute atomic E-state index is 0.138. The zero-order valence-corrected chi connectivity index (χ0v) is 59.4. The third kappa shape index (κ3) is 24.6. The highest BCUT2D eigenvalue weighted by molar-refractivity contribution is 7.47. The fourth-order valence-corrected chi connectivity index (χ4v) is 12.5. The summed E-state index contributed by atoms with van der Waals surface area (Å²) < 4.78 is 88.3. The van der Waals surface area contributed by atoms with E-state index in [0.717, 1.165) is 64.0 Å². The van der Waals surface area contributed by atoms with Gasteiger partial charge in [-0.3, -0.25) is 28.2 Å². The van der Waals surface area contributed by atoms with Crippen molar-refractivity contribution in [2.45, 2.75) is 273 Å². The molecule has 37 nitrogen and oxygen atoms in total. The predicted molar refractivity (Wildman–Crippen MR) is 349 cm³/mol. The van der Waals surface area contributed by atoms with Gasteiger partial charge in [-0.1, -0.05) is 73.1 Å². The van der Waals surface area contributed by atoms with E-state index in [9.17, 15) is 94.4 Å². The van der Waals surface area contributed by atoms with Crippen LogP contribution in [-0.2, 0) is 89.7 Å². The van der Waals surface area contributed by atoms with E-state index in [1.807, 2.05) is 6.08 Å². The van der Waals surface area contributed by atoms with Gasteiger partial charge >= 0.3 is 19.9 Å². The van der Waals surface area contributed by atoms with Gasteiger partial charge < -0.3 is 141 Å². The van der Waals surface area contributed by atoms with Crippen molar-refractivity contribution in [1.29, 1.82) is 0 Å². The van der Waals surface area contributed by atoms with Crippen LogP contribution in [0, 0.1) is 5.41 Å². The Bertz CT molecular complexity index is 3000. The van der Waals surface area contributed by atoms with Crippen molar-refractivity contribution in [3.8, 4) is 0 Å². The summed E-state index contributed by atoms with van der Waals surface area (Å²) in [6, 6.07) is -3.90. The number of carbonyl (C=O) groups is 6. The first-order chi connectivity index (χ1) is 47.5. The highest BCUT2D eigenvalue weighted by atomic mass is 31.2. The van der Waals surface area contributed by atoms with Crippen molar-refractivity contribution in [1.82, 2.24) is 10.6 Å². The lowest BCUT2D eigenvalue weighted by Gasteiger charge is -2.52. The van der Waals surface area contributed by atoms with Crippen LogP contribution in [0.4, 0.5) is 4.79 Å². The molecule has 5 heterocycles. The second-order valence-corrected chi connectivity index (χ2v) is 28.4. The summed E-state index contributed by atoms with van der Waals surface area (Å²) in [5.41, 5.74) is 17.9. The van der Waals surface area contributed by atoms with Gasteiger partial charge in [0.2, 0.25) is 23.6 Å². The number of hydrogen-bond donors (Lipinski definition) is 17. The first-order valence-electron chi connectivity index (χ1n) is 33.0. The number of carboxylic acids is 1. The van der Waals surface area contributed by atoms with Gasteiger partial charge in [0, 0.05) is 13.8 Å². The average molecular weight is 1490 g/mol. The lowest BCUT2D eigenvalue weighted by Crippen LogP contribution is -2.72. The minimum atomic E-state index is -5.82. The molecule has 0 radical (unpaired) electrons. The molecular weight excluding hydrogens is 1380 g/mol. The summed E-state index contributed by atoms with van der Waals surface area (Å²) in [6.07, 6.45) is -33.7. The molecule has 38 heteroatoms. The molecule has 5 fully saturated rings. The van der Waals surface area contributed by atoms with Crippen LogP contribution in [-0.4, -0.2) is 282 Å². The summed E-state index contributed by atoms with van der Waals surface area (Å²) >= 11 is 0. The van der Waals surface area contributed by atoms with E-state index < -0.39 is 222 Å². The molecular formula is C64H104N5O32P. The number of amides is 5. The van der Waals surface area contributed by atoms with E-state index in [-0.39, 0.29) is 12.0 Å². The smallest absolute Gasteiger partial charge is 0.474 e. The largest absolute Gasteiger partial charge is 0.479 e. The number of ether oxygens (including phenoxy) is 11. The number of nitrogens with one attached hydrogen (secondary N) is 2. The number of primary amides is 3. The second-order valence-electron chi connectivity index (χ2n) is 27.0. The highest BCUT2D eigenvalue weighted by Gasteiger charge is 2.62. The quantitative estimate of drug-likeness (QED) is 0.0223. The molecule has 22 unspecified atom stereocenters. The third-order valence-electron chi connectivity index (χ3n) is 17.5. The van der Waals surface area contributed by atoms with Gasteiger partial charge in [0.15, 0.2) is 62.0 Å². The Morgan fingerprint density at radius 3 is 1.80 bits per heavy atom. The summed E-state index contributed by atoms with van der Waals surface area (Å²) in [7, 11) is -5.82. The average Bonchev–Trinajstić information content (AvgIpc) is 0.750. The Hall–Kier alpha value is -5.37. The van der Waals surface area contributed by atoms with Crippen molar-refractivity contribution in [2.24, 2.45) is 22.6 Å². The van der Waals surface area contributed by atoms with Crippen molar-refractivity contribution in [3.05, 3.63) is 59.3 Å². The second kappa shape index (κ2) is 38.8. The Kier molecular flexibility index (Phi) is 33.2. The number of hydrogen-bond acceptors (Lipinski definition) is 30. The van der Waals surface area contributed by atoms with Gasteiger partial charge in [-0.05, 0) is 91.9 Å². The van der Waals surface area contributed by atoms with E-state index in [2.05, 4.69) is 70.1 Å². The summed E-state index contributed by atoms with van der Waals surface area (Å²) in [4.78, 5) is 87.8. The minimum Gasteiger partial charge on any atom is -0.479 e. The van der Waals surface area contributed by atoms with E-state index in [1.165, 1.54) is 18.1 Å². The maximum absolute atomic E-state index is 14.1. The Morgan fingerprint density at radius 1 is 0.667 bits per heavy atom. The number of allylic oxidation sites excluding steroid dienone is 8. The number of rotatable bonds is 36. The fraction of sp³-hybridized carbons (Fsp3) is 0.750. The molecule has 5 amide bonds. The monoisotopic (exact) mass is 1490 g/mol. The Morgan fingerprint density at radius 2 is 1.23 bits per heavy atom. The van der Waals surface area contributed by atoms with Crippen LogP contribution in [0.25, 0.3) is 0 Å². The number of nitrogens with two attached hydrogens (primary N) is 3.